The summed E-state index contributed by atoms with van der Waals surface area (Å²) in [5.74, 6) is 0.670. The molecule has 5 heteroatoms. The summed E-state index contributed by atoms with van der Waals surface area (Å²) in [5.41, 5.74) is 16.6. The van der Waals surface area contributed by atoms with Crippen molar-refractivity contribution in [2.24, 2.45) is 0 Å². The van der Waals surface area contributed by atoms with Gasteiger partial charge in [-0.2, -0.15) is 0 Å². The fraction of sp³-hybridized carbons (Fsp3) is 0.0545. The molecule has 0 saturated heterocycles. The van der Waals surface area contributed by atoms with Crippen molar-refractivity contribution in [3.05, 3.63) is 199 Å². The van der Waals surface area contributed by atoms with Crippen LogP contribution in [0, 0.1) is 0 Å². The van der Waals surface area contributed by atoms with Gasteiger partial charge in [0.2, 0.25) is 0 Å². The zero-order chi connectivity index (χ0) is 40.5. The Balaban J connectivity index is 1.00. The molecule has 2 aromatic heterocycles. The van der Waals surface area contributed by atoms with Gasteiger partial charge in [0.25, 0.3) is 0 Å². The molecule has 1 aliphatic heterocycles. The fourth-order valence-corrected chi connectivity index (χ4v) is 11.3. The van der Waals surface area contributed by atoms with Gasteiger partial charge in [0.1, 0.15) is 0 Å². The molecule has 3 nitrogen and oxygen atoms in total. The number of hydrogen-bond donors (Lipinski definition) is 0. The largest absolute Gasteiger partial charge is 0.309 e. The Kier molecular flexibility index (Phi) is 8.66. The van der Waals surface area contributed by atoms with Gasteiger partial charge in [0.15, 0.2) is 5.82 Å². The number of fused-ring (bicyclic) bond motifs is 6. The van der Waals surface area contributed by atoms with Gasteiger partial charge in [0, 0.05) is 58.3 Å². The number of aromatic nitrogens is 3. The van der Waals surface area contributed by atoms with E-state index in [4.69, 9.17) is 9.97 Å². The van der Waals surface area contributed by atoms with Crippen LogP contribution >= 0.6 is 23.5 Å². The smallest absolute Gasteiger partial charge is 0.160 e. The molecule has 0 saturated carbocycles. The summed E-state index contributed by atoms with van der Waals surface area (Å²) in [6.07, 6.45) is 3.90. The number of hydrogen-bond acceptors (Lipinski definition) is 4. The summed E-state index contributed by atoms with van der Waals surface area (Å²) in [6, 6.07) is 58.7. The highest BCUT2D eigenvalue weighted by molar-refractivity contribution is 8.05. The van der Waals surface area contributed by atoms with Crippen LogP contribution in [-0.2, 0) is 5.41 Å². The summed E-state index contributed by atoms with van der Waals surface area (Å²) in [4.78, 5) is 15.6. The van der Waals surface area contributed by atoms with Gasteiger partial charge in [-0.1, -0.05) is 160 Å². The minimum absolute atomic E-state index is 0.0952. The van der Waals surface area contributed by atoms with E-state index in [0.29, 0.717) is 5.82 Å². The van der Waals surface area contributed by atoms with Crippen LogP contribution in [-0.4, -0.2) is 14.5 Å². The standard InChI is InChI=1S/C55H39N3S2/c1-5-40-43-30-37(36-24-26-44-41(29-36)42-31-52-53(32-45(42)55(44,3)4)60-51-23-14-13-22-50(51)59-52)25-27-49(43)58(48(40)6-2)39-21-15-20-38(28-39)54-56-46(34-16-9-7-10-17-34)33-47(57-54)35-18-11-8-12-19-35/h5-33H,1-2H2,3-4H3. The van der Waals surface area contributed by atoms with E-state index in [1.165, 1.54) is 47.4 Å². The average Bonchev–Trinajstić information content (AvgIpc) is 3.74. The first-order valence-electron chi connectivity index (χ1n) is 20.2. The summed E-state index contributed by atoms with van der Waals surface area (Å²) < 4.78 is 2.28. The van der Waals surface area contributed by atoms with Crippen LogP contribution in [0.25, 0.3) is 84.9 Å². The first-order valence-corrected chi connectivity index (χ1v) is 21.8. The van der Waals surface area contributed by atoms with Gasteiger partial charge < -0.3 is 4.57 Å². The molecule has 9 aromatic rings. The molecular formula is C55H39N3S2. The lowest BCUT2D eigenvalue weighted by atomic mass is 9.82. The van der Waals surface area contributed by atoms with Gasteiger partial charge in [-0.3, -0.25) is 0 Å². The minimum Gasteiger partial charge on any atom is -0.309 e. The molecule has 2 aliphatic rings. The molecule has 0 atom stereocenters. The van der Waals surface area contributed by atoms with Gasteiger partial charge >= 0.3 is 0 Å². The molecule has 0 bridgehead atoms. The van der Waals surface area contributed by atoms with Gasteiger partial charge in [-0.25, -0.2) is 9.97 Å². The molecule has 0 unspecified atom stereocenters. The Bertz CT molecular complexity index is 3160. The highest BCUT2D eigenvalue weighted by atomic mass is 32.2. The highest BCUT2D eigenvalue weighted by Crippen LogP contribution is 2.56. The molecule has 286 valence electrons. The monoisotopic (exact) mass is 805 g/mol. The minimum atomic E-state index is -0.0952. The third-order valence-electron chi connectivity index (χ3n) is 12.0. The second-order valence-electron chi connectivity index (χ2n) is 15.9. The van der Waals surface area contributed by atoms with Crippen molar-refractivity contribution in [1.82, 2.24) is 14.5 Å². The van der Waals surface area contributed by atoms with Crippen LogP contribution in [0.3, 0.4) is 0 Å². The van der Waals surface area contributed by atoms with Crippen molar-refractivity contribution in [3.8, 4) is 61.8 Å². The molecule has 7 aromatic carbocycles. The lowest BCUT2D eigenvalue weighted by molar-refractivity contribution is 0.657. The van der Waals surface area contributed by atoms with Gasteiger partial charge in [-0.15, -0.1) is 0 Å². The van der Waals surface area contributed by atoms with E-state index in [9.17, 15) is 0 Å². The van der Waals surface area contributed by atoms with Crippen LogP contribution in [0.2, 0.25) is 0 Å². The average molecular weight is 806 g/mol. The van der Waals surface area contributed by atoms with E-state index in [1.54, 1.807) is 0 Å². The van der Waals surface area contributed by atoms with Crippen LogP contribution in [0.5, 0.6) is 0 Å². The first kappa shape index (κ1) is 36.4. The van der Waals surface area contributed by atoms with E-state index in [1.807, 2.05) is 72.1 Å². The van der Waals surface area contributed by atoms with Crippen molar-refractivity contribution < 1.29 is 0 Å². The molecule has 1 aliphatic carbocycles. The highest BCUT2D eigenvalue weighted by Gasteiger charge is 2.37. The summed E-state index contributed by atoms with van der Waals surface area (Å²) >= 11 is 3.77. The molecule has 0 spiro atoms. The summed E-state index contributed by atoms with van der Waals surface area (Å²) in [5, 5.41) is 1.12. The Morgan fingerprint density at radius 1 is 0.500 bits per heavy atom. The van der Waals surface area contributed by atoms with E-state index in [-0.39, 0.29) is 5.41 Å². The number of rotatable bonds is 7. The van der Waals surface area contributed by atoms with Crippen LogP contribution in [0.4, 0.5) is 0 Å². The fourth-order valence-electron chi connectivity index (χ4n) is 9.03. The predicted octanol–water partition coefficient (Wildman–Crippen LogP) is 15.3. The zero-order valence-electron chi connectivity index (χ0n) is 33.3. The Labute approximate surface area is 359 Å². The van der Waals surface area contributed by atoms with Crippen molar-refractivity contribution in [1.29, 1.82) is 0 Å². The van der Waals surface area contributed by atoms with Crippen molar-refractivity contribution in [3.63, 3.8) is 0 Å². The maximum absolute atomic E-state index is 5.12. The Hall–Kier alpha value is -6.66. The Morgan fingerprint density at radius 3 is 1.77 bits per heavy atom. The molecule has 0 radical (unpaired) electrons. The van der Waals surface area contributed by atoms with E-state index >= 15 is 0 Å². The van der Waals surface area contributed by atoms with Crippen molar-refractivity contribution in [2.45, 2.75) is 38.8 Å². The molecular weight excluding hydrogens is 767 g/mol. The Morgan fingerprint density at radius 2 is 1.10 bits per heavy atom. The second kappa shape index (κ2) is 14.3. The third-order valence-corrected chi connectivity index (χ3v) is 14.6. The molecule has 0 amide bonds. The van der Waals surface area contributed by atoms with Crippen LogP contribution < -0.4 is 0 Å². The number of nitrogens with zero attached hydrogens (tertiary/aromatic N) is 3. The van der Waals surface area contributed by atoms with E-state index in [2.05, 4.69) is 159 Å². The van der Waals surface area contributed by atoms with Gasteiger partial charge in [0.05, 0.1) is 22.6 Å². The third kappa shape index (κ3) is 5.91. The maximum Gasteiger partial charge on any atom is 0.160 e. The molecule has 3 heterocycles. The second-order valence-corrected chi connectivity index (χ2v) is 18.1. The number of benzene rings is 7. The molecule has 60 heavy (non-hydrogen) atoms. The van der Waals surface area contributed by atoms with Crippen LogP contribution in [0.1, 0.15) is 36.2 Å². The summed E-state index contributed by atoms with van der Waals surface area (Å²) in [6.45, 7) is 13.3. The lowest BCUT2D eigenvalue weighted by Gasteiger charge is -2.24. The zero-order valence-corrected chi connectivity index (χ0v) is 34.9. The molecule has 0 fully saturated rings. The quantitative estimate of drug-likeness (QED) is 0.161. The predicted molar refractivity (Wildman–Crippen MR) is 253 cm³/mol. The molecule has 11 rings (SSSR count). The summed E-state index contributed by atoms with van der Waals surface area (Å²) in [7, 11) is 0. The van der Waals surface area contributed by atoms with E-state index < -0.39 is 0 Å². The lowest BCUT2D eigenvalue weighted by Crippen LogP contribution is -2.15. The normalized spacial score (nSPS) is 13.3. The van der Waals surface area contributed by atoms with Crippen molar-refractivity contribution in [2.75, 3.05) is 0 Å². The topological polar surface area (TPSA) is 30.7 Å². The first-order chi connectivity index (χ1) is 29.4. The molecule has 0 N–H and O–H groups in total. The van der Waals surface area contributed by atoms with Gasteiger partial charge in [-0.05, 0) is 100 Å². The van der Waals surface area contributed by atoms with E-state index in [0.717, 1.165) is 61.5 Å². The van der Waals surface area contributed by atoms with Crippen LogP contribution in [0.15, 0.2) is 197 Å². The maximum atomic E-state index is 5.12. The SMILES string of the molecule is C=Cc1c(C=C)n(-c2cccc(-c3nc(-c4ccccc4)cc(-c4ccccc4)n3)c2)c2ccc(-c3ccc4c(c3)-c3cc5c(cc3C4(C)C)Sc3ccccc3S5)cc12. The van der Waals surface area contributed by atoms with Crippen molar-refractivity contribution >= 4 is 46.6 Å².